The van der Waals surface area contributed by atoms with Gasteiger partial charge in [0.25, 0.3) is 0 Å². The van der Waals surface area contributed by atoms with Gasteiger partial charge in [0, 0.05) is 16.3 Å². The van der Waals surface area contributed by atoms with Crippen molar-refractivity contribution in [1.82, 2.24) is 0 Å². The Kier molecular flexibility index (Phi) is 5.20. The molecule has 0 saturated carbocycles. The van der Waals surface area contributed by atoms with E-state index in [4.69, 9.17) is 17.5 Å². The quantitative estimate of drug-likeness (QED) is 0.489. The summed E-state index contributed by atoms with van der Waals surface area (Å²) >= 11 is 6.48. The van der Waals surface area contributed by atoms with Gasteiger partial charge in [-0.3, -0.25) is 0 Å². The van der Waals surface area contributed by atoms with E-state index in [9.17, 15) is 0 Å². The minimum atomic E-state index is 0.549. The van der Waals surface area contributed by atoms with E-state index in [0.29, 0.717) is 5.11 Å². The van der Waals surface area contributed by atoms with E-state index in [1.807, 2.05) is 61.7 Å². The number of thiocyanates is 1. The lowest BCUT2D eigenvalue weighted by molar-refractivity contribution is 1.37. The van der Waals surface area contributed by atoms with Crippen molar-refractivity contribution in [3.05, 3.63) is 53.6 Å². The molecule has 2 aromatic carbocycles. The predicted octanol–water partition coefficient (Wildman–Crippen LogP) is 4.69. The highest BCUT2D eigenvalue weighted by molar-refractivity contribution is 8.03. The number of anilines is 2. The molecule has 2 N–H and O–H groups in total. The number of hydrogen-bond acceptors (Lipinski definition) is 3. The third-order valence-electron chi connectivity index (χ3n) is 3.00. The van der Waals surface area contributed by atoms with Crippen LogP contribution in [0.4, 0.5) is 11.4 Å². The van der Waals surface area contributed by atoms with Gasteiger partial charge in [-0.15, -0.1) is 0 Å². The first-order valence-electron chi connectivity index (χ1n) is 6.40. The van der Waals surface area contributed by atoms with E-state index < -0.39 is 0 Å². The number of rotatable bonds is 3. The number of nitrogens with zero attached hydrogens (tertiary/aromatic N) is 1. The van der Waals surface area contributed by atoms with E-state index >= 15 is 0 Å². The summed E-state index contributed by atoms with van der Waals surface area (Å²) in [4.78, 5) is 0.914. The first-order valence-corrected chi connectivity index (χ1v) is 7.63. The van der Waals surface area contributed by atoms with Crippen molar-refractivity contribution < 1.29 is 0 Å². The Morgan fingerprint density at radius 1 is 1.05 bits per heavy atom. The highest BCUT2D eigenvalue weighted by Gasteiger charge is 2.04. The highest BCUT2D eigenvalue weighted by Crippen LogP contribution is 2.21. The molecule has 0 aromatic heterocycles. The lowest BCUT2D eigenvalue weighted by Gasteiger charge is -2.14. The molecule has 0 aliphatic rings. The third kappa shape index (κ3) is 4.22. The molecule has 0 heterocycles. The van der Waals surface area contributed by atoms with Gasteiger partial charge in [-0.05, 0) is 73.2 Å². The summed E-state index contributed by atoms with van der Waals surface area (Å²) in [5, 5.41) is 17.6. The van der Waals surface area contributed by atoms with Crippen LogP contribution in [-0.4, -0.2) is 5.11 Å². The Morgan fingerprint density at radius 2 is 1.67 bits per heavy atom. The topological polar surface area (TPSA) is 47.8 Å². The maximum atomic E-state index is 8.62. The number of thiocarbonyl (C=S) groups is 1. The van der Waals surface area contributed by atoms with Crippen molar-refractivity contribution in [2.45, 2.75) is 18.7 Å². The van der Waals surface area contributed by atoms with Gasteiger partial charge in [0.05, 0.1) is 0 Å². The second-order valence-electron chi connectivity index (χ2n) is 4.56. The van der Waals surface area contributed by atoms with Crippen LogP contribution in [0, 0.1) is 24.5 Å². The highest BCUT2D eigenvalue weighted by atomic mass is 32.2. The van der Waals surface area contributed by atoms with Crippen molar-refractivity contribution in [3.63, 3.8) is 0 Å². The van der Waals surface area contributed by atoms with Crippen LogP contribution in [0.15, 0.2) is 47.4 Å². The molecule has 0 saturated heterocycles. The molecule has 0 radical (unpaired) electrons. The fraction of sp³-hybridized carbons (Fsp3) is 0.125. The van der Waals surface area contributed by atoms with Gasteiger partial charge in [0.15, 0.2) is 5.11 Å². The zero-order chi connectivity index (χ0) is 15.2. The van der Waals surface area contributed by atoms with Crippen LogP contribution < -0.4 is 10.6 Å². The van der Waals surface area contributed by atoms with Gasteiger partial charge in [-0.1, -0.05) is 18.2 Å². The Bertz CT molecular complexity index is 667. The largest absolute Gasteiger partial charge is 0.332 e. The number of nitriles is 1. The van der Waals surface area contributed by atoms with Gasteiger partial charge >= 0.3 is 0 Å². The maximum Gasteiger partial charge on any atom is 0.175 e. The van der Waals surface area contributed by atoms with Crippen molar-refractivity contribution in [1.29, 1.82) is 5.26 Å². The lowest BCUT2D eigenvalue weighted by Crippen LogP contribution is -2.20. The standard InChI is InChI=1S/C16H15N3S2/c1-11-4-3-5-12(2)15(11)19-16(20)18-13-6-8-14(9-7-13)21-10-17/h3-9H,1-2H3,(H2,18,19,20). The first kappa shape index (κ1) is 15.4. The average molecular weight is 313 g/mol. The Labute approximate surface area is 134 Å². The van der Waals surface area contributed by atoms with Crippen molar-refractivity contribution in [2.75, 3.05) is 10.6 Å². The molecule has 0 fully saturated rings. The monoisotopic (exact) mass is 313 g/mol. The van der Waals surface area contributed by atoms with E-state index in [1.54, 1.807) is 0 Å². The molecular weight excluding hydrogens is 298 g/mol. The van der Waals surface area contributed by atoms with Gasteiger partial charge in [-0.2, -0.15) is 5.26 Å². The summed E-state index contributed by atoms with van der Waals surface area (Å²) < 4.78 is 0. The van der Waals surface area contributed by atoms with Crippen LogP contribution in [0.3, 0.4) is 0 Å². The van der Waals surface area contributed by atoms with Crippen molar-refractivity contribution in [2.24, 2.45) is 0 Å². The van der Waals surface area contributed by atoms with E-state index in [2.05, 4.69) is 10.6 Å². The number of aryl methyl sites for hydroxylation is 2. The van der Waals surface area contributed by atoms with Crippen molar-refractivity contribution >= 4 is 40.5 Å². The van der Waals surface area contributed by atoms with E-state index in [-0.39, 0.29) is 0 Å². The molecule has 0 amide bonds. The molecule has 0 unspecified atom stereocenters. The fourth-order valence-corrected chi connectivity index (χ4v) is 2.54. The Hall–Kier alpha value is -2.03. The molecule has 0 atom stereocenters. The minimum Gasteiger partial charge on any atom is -0.332 e. The van der Waals surface area contributed by atoms with Crippen LogP contribution >= 0.6 is 24.0 Å². The van der Waals surface area contributed by atoms with Gasteiger partial charge in [0.1, 0.15) is 5.40 Å². The fourth-order valence-electron chi connectivity index (χ4n) is 1.95. The third-order valence-corrected chi connectivity index (χ3v) is 3.80. The Morgan fingerprint density at radius 3 is 2.24 bits per heavy atom. The number of hydrogen-bond donors (Lipinski definition) is 2. The number of thioether (sulfide) groups is 1. The van der Waals surface area contributed by atoms with E-state index in [1.165, 1.54) is 0 Å². The first-order chi connectivity index (χ1) is 10.1. The van der Waals surface area contributed by atoms with Crippen LogP contribution in [0.5, 0.6) is 0 Å². The Balaban J connectivity index is 2.03. The molecule has 2 aromatic rings. The number of nitrogens with one attached hydrogen (secondary N) is 2. The summed E-state index contributed by atoms with van der Waals surface area (Å²) in [5.74, 6) is 0. The summed E-state index contributed by atoms with van der Waals surface area (Å²) in [7, 11) is 0. The molecule has 3 nitrogen and oxygen atoms in total. The summed E-state index contributed by atoms with van der Waals surface area (Å²) in [6.07, 6.45) is 0. The van der Waals surface area contributed by atoms with E-state index in [0.717, 1.165) is 39.2 Å². The van der Waals surface area contributed by atoms with Crippen molar-refractivity contribution in [3.8, 4) is 5.40 Å². The number of para-hydroxylation sites is 1. The normalized spacial score (nSPS) is 9.76. The van der Waals surface area contributed by atoms with Crippen LogP contribution in [-0.2, 0) is 0 Å². The SMILES string of the molecule is Cc1cccc(C)c1NC(=S)Nc1ccc(SC#N)cc1. The van der Waals surface area contributed by atoms with Crippen LogP contribution in [0.1, 0.15) is 11.1 Å². The molecular formula is C16H15N3S2. The second kappa shape index (κ2) is 7.11. The molecule has 0 spiro atoms. The molecule has 106 valence electrons. The lowest BCUT2D eigenvalue weighted by atomic mass is 10.1. The van der Waals surface area contributed by atoms with Crippen LogP contribution in [0.2, 0.25) is 0 Å². The number of benzene rings is 2. The maximum absolute atomic E-state index is 8.62. The van der Waals surface area contributed by atoms with Gasteiger partial charge in [-0.25, -0.2) is 0 Å². The zero-order valence-corrected chi connectivity index (χ0v) is 13.4. The molecule has 2 rings (SSSR count). The summed E-state index contributed by atoms with van der Waals surface area (Å²) in [6, 6.07) is 13.7. The smallest absolute Gasteiger partial charge is 0.175 e. The summed E-state index contributed by atoms with van der Waals surface area (Å²) in [5.41, 5.74) is 4.23. The van der Waals surface area contributed by atoms with Gasteiger partial charge < -0.3 is 10.6 Å². The minimum absolute atomic E-state index is 0.549. The van der Waals surface area contributed by atoms with Gasteiger partial charge in [0.2, 0.25) is 0 Å². The molecule has 0 aliphatic heterocycles. The molecule has 0 bridgehead atoms. The molecule has 5 heteroatoms. The average Bonchev–Trinajstić information content (AvgIpc) is 2.45. The second-order valence-corrected chi connectivity index (χ2v) is 5.83. The zero-order valence-electron chi connectivity index (χ0n) is 11.8. The van der Waals surface area contributed by atoms with Crippen LogP contribution in [0.25, 0.3) is 0 Å². The summed E-state index contributed by atoms with van der Waals surface area (Å²) in [6.45, 7) is 4.09. The molecule has 21 heavy (non-hydrogen) atoms. The predicted molar refractivity (Wildman–Crippen MR) is 93.7 cm³/mol. The molecule has 0 aliphatic carbocycles.